The van der Waals surface area contributed by atoms with Gasteiger partial charge in [0.1, 0.15) is 13.2 Å². The molecule has 0 radical (unpaired) electrons. The maximum atomic E-state index is 13.5. The molecule has 512 valence electrons. The number of nitrogens with zero attached hydrogens (tertiary/aromatic N) is 11. The van der Waals surface area contributed by atoms with E-state index in [1.807, 2.05) is 139 Å². The van der Waals surface area contributed by atoms with Crippen LogP contribution in [-0.4, -0.2) is 104 Å². The van der Waals surface area contributed by atoms with E-state index in [-0.39, 0.29) is 81.5 Å². The van der Waals surface area contributed by atoms with Gasteiger partial charge in [-0.05, 0) is 124 Å². The molecule has 2 unspecified atom stereocenters. The van der Waals surface area contributed by atoms with Gasteiger partial charge in [-0.1, -0.05) is 114 Å². The summed E-state index contributed by atoms with van der Waals surface area (Å²) in [5, 5.41) is 7.62. The molecule has 0 bridgehead atoms. The quantitative estimate of drug-likeness (QED) is 0.0286. The number of ether oxygens (including phenoxy) is 8. The Bertz CT molecular complexity index is 4800. The molecule has 0 aliphatic carbocycles. The van der Waals surface area contributed by atoms with Crippen LogP contribution in [0.2, 0.25) is 0 Å². The summed E-state index contributed by atoms with van der Waals surface area (Å²) in [6.07, 6.45) is -4.56. The van der Waals surface area contributed by atoms with Crippen LogP contribution in [0.3, 0.4) is 0 Å². The van der Waals surface area contributed by atoms with Crippen LogP contribution in [-0.2, 0) is 54.7 Å². The largest absolute Gasteiger partial charge is 1.00 e. The van der Waals surface area contributed by atoms with Gasteiger partial charge in [-0.3, -0.25) is 43.7 Å². The van der Waals surface area contributed by atoms with Gasteiger partial charge in [0, 0.05) is 19.4 Å². The summed E-state index contributed by atoms with van der Waals surface area (Å²) in [6, 6.07) is 41.3. The SMILES string of the molecule is CCOc1nc2cccc(C(=O)OC(C)OC(=O)OCc3nc(C)c(C)nc3C)c2n1Cc1ccc(-c2ccccc2-c2noc(=O)[n-]2)cc1.CCOc1nc2cccc(C(=O)OC(C)OC(=O)OCc3nc(C)c(C)nc3C)c2n1Cc1ccc(-c2ccccc2-c2noc(=O)[nH]2)cc1.[K+]. The summed E-state index contributed by atoms with van der Waals surface area (Å²) in [5.74, 6) is -2.31. The molecular formula is C72H67KN12O16. The number of esters is 2. The van der Waals surface area contributed by atoms with Crippen molar-refractivity contribution in [3.8, 4) is 57.1 Å². The molecule has 2 atom stereocenters. The van der Waals surface area contributed by atoms with Crippen LogP contribution < -0.4 is 77.4 Å². The summed E-state index contributed by atoms with van der Waals surface area (Å²) >= 11 is 0. The van der Waals surface area contributed by atoms with Crippen molar-refractivity contribution in [2.45, 2.75) is 108 Å². The second-order valence-electron chi connectivity index (χ2n) is 22.6. The van der Waals surface area contributed by atoms with Crippen molar-refractivity contribution in [1.82, 2.24) is 59.3 Å². The number of hydrogen-bond acceptors (Lipinski definition) is 24. The van der Waals surface area contributed by atoms with Crippen molar-refractivity contribution in [3.05, 3.63) is 222 Å². The maximum Gasteiger partial charge on any atom is 1.00 e. The number of aromatic amines is 1. The first-order chi connectivity index (χ1) is 48.2. The van der Waals surface area contributed by atoms with Crippen molar-refractivity contribution in [2.24, 2.45) is 0 Å². The van der Waals surface area contributed by atoms with Crippen LogP contribution in [0.25, 0.3) is 67.1 Å². The predicted molar refractivity (Wildman–Crippen MR) is 360 cm³/mol. The second kappa shape index (κ2) is 32.8. The molecule has 0 aliphatic rings. The number of aromatic nitrogens is 12. The number of carbonyl (C=O) groups is 4. The molecule has 0 saturated carbocycles. The topological polar surface area (TPSA) is 345 Å². The Kier molecular flexibility index (Phi) is 23.6. The van der Waals surface area contributed by atoms with Crippen molar-refractivity contribution in [1.29, 1.82) is 0 Å². The minimum Gasteiger partial charge on any atom is -0.465 e. The van der Waals surface area contributed by atoms with Crippen LogP contribution in [0.5, 0.6) is 12.0 Å². The Labute approximate surface area is 619 Å². The number of fused-ring (bicyclic) bond motifs is 2. The van der Waals surface area contributed by atoms with Gasteiger partial charge < -0.3 is 47.4 Å². The van der Waals surface area contributed by atoms with Gasteiger partial charge in [-0.2, -0.15) is 9.97 Å². The molecule has 101 heavy (non-hydrogen) atoms. The maximum absolute atomic E-state index is 13.5. The summed E-state index contributed by atoms with van der Waals surface area (Å²) < 4.78 is 56.5. The first-order valence-corrected chi connectivity index (χ1v) is 31.6. The second-order valence-corrected chi connectivity index (χ2v) is 22.6. The van der Waals surface area contributed by atoms with E-state index >= 15 is 0 Å². The molecule has 0 amide bonds. The van der Waals surface area contributed by atoms with Gasteiger partial charge in [0.15, 0.2) is 5.82 Å². The number of aryl methyl sites for hydroxylation is 6. The molecule has 29 heteroatoms. The third-order valence-corrected chi connectivity index (χ3v) is 15.7. The Hall–Kier alpha value is -11.0. The van der Waals surface area contributed by atoms with Gasteiger partial charge in [-0.15, -0.1) is 0 Å². The number of rotatable bonds is 22. The molecule has 6 aromatic heterocycles. The minimum atomic E-state index is -1.26. The first kappa shape index (κ1) is 72.8. The first-order valence-electron chi connectivity index (χ1n) is 31.6. The predicted octanol–water partition coefficient (Wildman–Crippen LogP) is 8.76. The van der Waals surface area contributed by atoms with Crippen molar-refractivity contribution in [2.75, 3.05) is 13.2 Å². The Morgan fingerprint density at radius 3 is 1.33 bits per heavy atom. The third kappa shape index (κ3) is 17.4. The van der Waals surface area contributed by atoms with E-state index in [0.717, 1.165) is 56.2 Å². The molecule has 1 N–H and O–H groups in total. The number of H-pyrrole nitrogens is 1. The molecule has 6 aromatic carbocycles. The van der Waals surface area contributed by atoms with E-state index in [1.54, 1.807) is 59.4 Å². The van der Waals surface area contributed by atoms with Gasteiger partial charge >= 0.3 is 87.1 Å². The molecule has 0 aliphatic heterocycles. The van der Waals surface area contributed by atoms with Gasteiger partial charge in [-0.25, -0.2) is 28.8 Å². The molecule has 0 spiro atoms. The number of hydrogen-bond donors (Lipinski definition) is 1. The average Bonchev–Trinajstić information content (AvgIpc) is 1.64. The van der Waals surface area contributed by atoms with Crippen molar-refractivity contribution in [3.63, 3.8) is 0 Å². The zero-order chi connectivity index (χ0) is 70.7. The van der Waals surface area contributed by atoms with Crippen molar-refractivity contribution < 1.29 is 118 Å². The summed E-state index contributed by atoms with van der Waals surface area (Å²) in [7, 11) is 0. The molecule has 0 saturated heterocycles. The smallest absolute Gasteiger partial charge is 0.465 e. The Morgan fingerprint density at radius 1 is 0.485 bits per heavy atom. The zero-order valence-electron chi connectivity index (χ0n) is 57.1. The molecule has 12 aromatic rings. The van der Waals surface area contributed by atoms with Crippen LogP contribution in [0.4, 0.5) is 9.59 Å². The Morgan fingerprint density at radius 2 is 0.911 bits per heavy atom. The number of imidazole rings is 2. The van der Waals surface area contributed by atoms with E-state index in [4.69, 9.17) is 42.4 Å². The monoisotopic (exact) mass is 1390 g/mol. The van der Waals surface area contributed by atoms with Crippen molar-refractivity contribution >= 4 is 46.3 Å². The van der Waals surface area contributed by atoms with Crippen LogP contribution in [0.1, 0.15) is 105 Å². The summed E-state index contributed by atoms with van der Waals surface area (Å²) in [5.41, 5.74) is 14.3. The standard InChI is InChI=1S/2C36H34N6O8.K/c2*1-6-46-34-39-29-13-9-12-28(33(43)48-23(5)49-36(45)47-19-30-22(4)37-20(2)21(3)38-30)31(29)42(34)18-24-14-16-25(17-15-24)26-10-7-8-11-27(26)32-40-35(44)50-41-32;/h2*7-17,23H,6,18-19H2,1-5H3,(H,40,41,44);/q;;+1/p-1. The van der Waals surface area contributed by atoms with Crippen LogP contribution in [0.15, 0.2) is 152 Å². The number of para-hydroxylation sites is 2. The number of carbonyl (C=O) groups excluding carboxylic acids is 4. The normalized spacial score (nSPS) is 11.6. The zero-order valence-corrected chi connectivity index (χ0v) is 60.2. The van der Waals surface area contributed by atoms with E-state index in [1.165, 1.54) is 13.8 Å². The van der Waals surface area contributed by atoms with E-state index in [0.29, 0.717) is 100 Å². The fraction of sp³-hybridized carbons (Fsp3) is 0.250. The number of benzene rings is 6. The molecule has 6 heterocycles. The van der Waals surface area contributed by atoms with Gasteiger partial charge in [0.2, 0.25) is 12.6 Å². The molecule has 28 nitrogen and oxygen atoms in total. The van der Waals surface area contributed by atoms with Crippen LogP contribution in [0, 0.1) is 41.5 Å². The molecule has 12 rings (SSSR count). The Balaban J connectivity index is 0.000000216. The molecule has 0 fully saturated rings. The van der Waals surface area contributed by atoms with Crippen LogP contribution >= 0.6 is 0 Å². The van der Waals surface area contributed by atoms with E-state index < -0.39 is 48.3 Å². The fourth-order valence-electron chi connectivity index (χ4n) is 10.8. The van der Waals surface area contributed by atoms with Gasteiger partial charge in [0.05, 0.1) is 105 Å². The summed E-state index contributed by atoms with van der Waals surface area (Å²) in [4.78, 5) is 108. The number of nitrogens with one attached hydrogen (secondary N) is 1. The minimum absolute atomic E-state index is 0. The fourth-order valence-corrected chi connectivity index (χ4v) is 10.8. The van der Waals surface area contributed by atoms with E-state index in [2.05, 4.69) is 54.7 Å². The van der Waals surface area contributed by atoms with Gasteiger partial charge in [0.25, 0.3) is 12.0 Å². The third-order valence-electron chi connectivity index (χ3n) is 15.7. The van der Waals surface area contributed by atoms with E-state index in [9.17, 15) is 28.8 Å². The molecular weight excluding hydrogens is 1330 g/mol. The summed E-state index contributed by atoms with van der Waals surface area (Å²) in [6.45, 7) is 18.4. The average molecular weight is 1400 g/mol.